The van der Waals surface area contributed by atoms with Crippen LogP contribution in [0.4, 0.5) is 4.79 Å². The Morgan fingerprint density at radius 1 is 0.758 bits per heavy atom. The standard InChI is InChI=1S/C29H25NO3/c31-26-18-15-22(16-19-26)14-17-24-10-4-6-12-27(24)28-13-7-5-11-25(28)20-30-29(32)33-21-23-8-2-1-3-9-23/h1-19,31H,20-21H2,(H,30,32). The van der Waals surface area contributed by atoms with Crippen LogP contribution in [0.25, 0.3) is 23.3 Å². The molecular formula is C29H25NO3. The second-order valence-electron chi connectivity index (χ2n) is 7.58. The molecule has 4 rings (SSSR count). The first-order valence-electron chi connectivity index (χ1n) is 10.8. The highest BCUT2D eigenvalue weighted by Crippen LogP contribution is 2.28. The predicted molar refractivity (Wildman–Crippen MR) is 132 cm³/mol. The van der Waals surface area contributed by atoms with E-state index in [1.54, 1.807) is 12.1 Å². The van der Waals surface area contributed by atoms with Crippen molar-refractivity contribution in [3.63, 3.8) is 0 Å². The molecule has 4 heteroatoms. The molecule has 0 saturated heterocycles. The van der Waals surface area contributed by atoms with Gasteiger partial charge in [-0.2, -0.15) is 0 Å². The minimum Gasteiger partial charge on any atom is -0.508 e. The molecule has 0 aliphatic carbocycles. The van der Waals surface area contributed by atoms with Crippen molar-refractivity contribution in [3.05, 3.63) is 125 Å². The SMILES string of the molecule is O=C(NCc1ccccc1-c1ccccc1C=Cc1ccc(O)cc1)OCc1ccccc1. The van der Waals surface area contributed by atoms with Crippen molar-refractivity contribution in [3.8, 4) is 16.9 Å². The molecule has 0 bridgehead atoms. The number of benzene rings is 4. The molecule has 0 fully saturated rings. The number of phenols is 1. The number of carbonyl (C=O) groups excluding carboxylic acids is 1. The van der Waals surface area contributed by atoms with Gasteiger partial charge >= 0.3 is 6.09 Å². The van der Waals surface area contributed by atoms with Gasteiger partial charge in [-0.25, -0.2) is 4.79 Å². The number of nitrogens with one attached hydrogen (secondary N) is 1. The summed E-state index contributed by atoms with van der Waals surface area (Å²) < 4.78 is 5.34. The Morgan fingerprint density at radius 3 is 2.21 bits per heavy atom. The van der Waals surface area contributed by atoms with E-state index in [1.807, 2.05) is 78.9 Å². The first-order chi connectivity index (χ1) is 16.2. The summed E-state index contributed by atoms with van der Waals surface area (Å²) >= 11 is 0. The number of ether oxygens (including phenoxy) is 1. The fourth-order valence-electron chi connectivity index (χ4n) is 3.54. The maximum absolute atomic E-state index is 12.2. The lowest BCUT2D eigenvalue weighted by Crippen LogP contribution is -2.23. The summed E-state index contributed by atoms with van der Waals surface area (Å²) in [5.41, 5.74) is 6.12. The Bertz CT molecular complexity index is 1230. The predicted octanol–water partition coefficient (Wildman–Crippen LogP) is 6.66. The smallest absolute Gasteiger partial charge is 0.407 e. The Labute approximate surface area is 193 Å². The van der Waals surface area contributed by atoms with Crippen molar-refractivity contribution in [1.29, 1.82) is 0 Å². The molecule has 0 aromatic heterocycles. The molecule has 0 aliphatic heterocycles. The third kappa shape index (κ3) is 6.11. The molecule has 0 radical (unpaired) electrons. The average Bonchev–Trinajstić information content (AvgIpc) is 2.87. The summed E-state index contributed by atoms with van der Waals surface area (Å²) in [6.45, 7) is 0.596. The molecule has 0 aliphatic rings. The average molecular weight is 436 g/mol. The van der Waals surface area contributed by atoms with E-state index >= 15 is 0 Å². The van der Waals surface area contributed by atoms with Crippen LogP contribution in [0.5, 0.6) is 5.75 Å². The molecule has 4 aromatic carbocycles. The first-order valence-corrected chi connectivity index (χ1v) is 10.8. The van der Waals surface area contributed by atoms with Gasteiger partial charge in [0.25, 0.3) is 0 Å². The quantitative estimate of drug-likeness (QED) is 0.319. The van der Waals surface area contributed by atoms with E-state index in [2.05, 4.69) is 29.6 Å². The molecule has 0 unspecified atom stereocenters. The van der Waals surface area contributed by atoms with E-state index in [0.717, 1.165) is 33.4 Å². The number of hydrogen-bond acceptors (Lipinski definition) is 3. The van der Waals surface area contributed by atoms with E-state index in [-0.39, 0.29) is 12.4 Å². The van der Waals surface area contributed by atoms with Gasteiger partial charge in [-0.05, 0) is 45.5 Å². The molecule has 1 amide bonds. The van der Waals surface area contributed by atoms with Crippen molar-refractivity contribution < 1.29 is 14.6 Å². The van der Waals surface area contributed by atoms with Crippen LogP contribution in [-0.4, -0.2) is 11.2 Å². The Hall–Kier alpha value is -4.31. The number of carbonyl (C=O) groups is 1. The van der Waals surface area contributed by atoms with Crippen LogP contribution in [0.1, 0.15) is 22.3 Å². The molecule has 0 spiro atoms. The fourth-order valence-corrected chi connectivity index (χ4v) is 3.54. The molecular weight excluding hydrogens is 410 g/mol. The van der Waals surface area contributed by atoms with E-state index in [0.29, 0.717) is 6.54 Å². The van der Waals surface area contributed by atoms with Gasteiger partial charge in [-0.15, -0.1) is 0 Å². The molecule has 164 valence electrons. The lowest BCUT2D eigenvalue weighted by Gasteiger charge is -2.13. The van der Waals surface area contributed by atoms with Crippen LogP contribution in [0.15, 0.2) is 103 Å². The molecule has 0 heterocycles. The second-order valence-corrected chi connectivity index (χ2v) is 7.58. The largest absolute Gasteiger partial charge is 0.508 e. The van der Waals surface area contributed by atoms with E-state index in [4.69, 9.17) is 4.74 Å². The van der Waals surface area contributed by atoms with Crippen LogP contribution >= 0.6 is 0 Å². The van der Waals surface area contributed by atoms with Gasteiger partial charge < -0.3 is 15.2 Å². The van der Waals surface area contributed by atoms with Gasteiger partial charge in [0, 0.05) is 6.54 Å². The van der Waals surface area contributed by atoms with Crippen molar-refractivity contribution >= 4 is 18.2 Å². The summed E-state index contributed by atoms with van der Waals surface area (Å²) in [5.74, 6) is 0.247. The van der Waals surface area contributed by atoms with Gasteiger partial charge in [0.2, 0.25) is 0 Å². The lowest BCUT2D eigenvalue weighted by molar-refractivity contribution is 0.139. The van der Waals surface area contributed by atoms with Crippen molar-refractivity contribution in [1.82, 2.24) is 5.32 Å². The highest BCUT2D eigenvalue weighted by atomic mass is 16.5. The number of aromatic hydroxyl groups is 1. The summed E-state index contributed by atoms with van der Waals surface area (Å²) in [6, 6.07) is 32.8. The van der Waals surface area contributed by atoms with Gasteiger partial charge in [0.1, 0.15) is 12.4 Å². The van der Waals surface area contributed by atoms with Crippen LogP contribution < -0.4 is 5.32 Å². The van der Waals surface area contributed by atoms with E-state index in [9.17, 15) is 9.90 Å². The van der Waals surface area contributed by atoms with E-state index < -0.39 is 6.09 Å². The topological polar surface area (TPSA) is 58.6 Å². The maximum Gasteiger partial charge on any atom is 0.407 e. The van der Waals surface area contributed by atoms with Crippen LogP contribution in [0.3, 0.4) is 0 Å². The molecule has 0 atom stereocenters. The molecule has 4 aromatic rings. The van der Waals surface area contributed by atoms with Crippen molar-refractivity contribution in [2.24, 2.45) is 0 Å². The third-order valence-corrected chi connectivity index (χ3v) is 5.25. The lowest BCUT2D eigenvalue weighted by atomic mass is 9.95. The summed E-state index contributed by atoms with van der Waals surface area (Å²) in [7, 11) is 0. The van der Waals surface area contributed by atoms with Crippen LogP contribution in [0.2, 0.25) is 0 Å². The number of hydrogen-bond donors (Lipinski definition) is 2. The normalized spacial score (nSPS) is 10.8. The number of alkyl carbamates (subject to hydrolysis) is 1. The van der Waals surface area contributed by atoms with Crippen molar-refractivity contribution in [2.45, 2.75) is 13.2 Å². The highest BCUT2D eigenvalue weighted by molar-refractivity contribution is 5.82. The molecule has 0 saturated carbocycles. The highest BCUT2D eigenvalue weighted by Gasteiger charge is 2.10. The second kappa shape index (κ2) is 10.8. The minimum absolute atomic E-state index is 0.235. The van der Waals surface area contributed by atoms with Gasteiger partial charge in [-0.1, -0.05) is 103 Å². The number of amides is 1. The van der Waals surface area contributed by atoms with Gasteiger partial charge in [-0.3, -0.25) is 0 Å². The zero-order valence-corrected chi connectivity index (χ0v) is 18.1. The Morgan fingerprint density at radius 2 is 1.42 bits per heavy atom. The first kappa shape index (κ1) is 21.9. The molecule has 4 nitrogen and oxygen atoms in total. The summed E-state index contributed by atoms with van der Waals surface area (Å²) in [6.07, 6.45) is 3.62. The summed E-state index contributed by atoms with van der Waals surface area (Å²) in [4.78, 5) is 12.2. The van der Waals surface area contributed by atoms with Crippen molar-refractivity contribution in [2.75, 3.05) is 0 Å². The maximum atomic E-state index is 12.2. The summed E-state index contributed by atoms with van der Waals surface area (Å²) in [5, 5.41) is 12.3. The zero-order valence-electron chi connectivity index (χ0n) is 18.1. The third-order valence-electron chi connectivity index (χ3n) is 5.25. The Kier molecular flexibility index (Phi) is 7.18. The fraction of sp³-hybridized carbons (Fsp3) is 0.0690. The Balaban J connectivity index is 1.48. The number of rotatable bonds is 7. The van der Waals surface area contributed by atoms with Gasteiger partial charge in [0.05, 0.1) is 0 Å². The number of phenolic OH excluding ortho intramolecular Hbond substituents is 1. The van der Waals surface area contributed by atoms with Crippen LogP contribution in [-0.2, 0) is 17.9 Å². The van der Waals surface area contributed by atoms with Crippen LogP contribution in [0, 0.1) is 0 Å². The molecule has 33 heavy (non-hydrogen) atoms. The minimum atomic E-state index is -0.450. The van der Waals surface area contributed by atoms with E-state index in [1.165, 1.54) is 0 Å². The molecule has 2 N–H and O–H groups in total. The zero-order chi connectivity index (χ0) is 22.9. The van der Waals surface area contributed by atoms with Gasteiger partial charge in [0.15, 0.2) is 0 Å². The monoisotopic (exact) mass is 435 g/mol.